The Morgan fingerprint density at radius 1 is 1.34 bits per heavy atom. The maximum atomic E-state index is 13.0. The zero-order valence-corrected chi connectivity index (χ0v) is 16.3. The van der Waals surface area contributed by atoms with E-state index in [1.807, 2.05) is 11.6 Å². The van der Waals surface area contributed by atoms with Gasteiger partial charge in [0.2, 0.25) is 6.20 Å². The Kier molecular flexibility index (Phi) is 5.57. The molecule has 3 aromatic rings. The van der Waals surface area contributed by atoms with Gasteiger partial charge in [-0.25, -0.2) is 9.67 Å². The normalized spacial score (nSPS) is 14.8. The molecule has 0 bridgehead atoms. The Balaban J connectivity index is 1.63. The second-order valence-corrected chi connectivity index (χ2v) is 6.99. The topological polar surface area (TPSA) is 105 Å². The van der Waals surface area contributed by atoms with E-state index in [1.165, 1.54) is 6.20 Å². The van der Waals surface area contributed by atoms with Crippen molar-refractivity contribution in [2.75, 3.05) is 18.5 Å². The minimum atomic E-state index is -0.262. The number of carbonyl (C=O) groups excluding carboxylic acids is 1. The molecule has 3 N–H and O–H groups in total. The van der Waals surface area contributed by atoms with Gasteiger partial charge >= 0.3 is 0 Å². The molecule has 3 aromatic heterocycles. The lowest BCUT2D eigenvalue weighted by Gasteiger charge is -2.25. The van der Waals surface area contributed by atoms with Gasteiger partial charge in [-0.05, 0) is 25.8 Å². The molecule has 0 atom stereocenters. The van der Waals surface area contributed by atoms with Gasteiger partial charge in [-0.2, -0.15) is 5.10 Å². The number of nitrogens with one attached hydrogen (secondary N) is 2. The molecule has 1 fully saturated rings. The van der Waals surface area contributed by atoms with Gasteiger partial charge in [0, 0.05) is 48.9 Å². The van der Waals surface area contributed by atoms with Gasteiger partial charge in [-0.1, -0.05) is 0 Å². The number of fused-ring (bicyclic) bond motifs is 1. The summed E-state index contributed by atoms with van der Waals surface area (Å²) in [6.07, 6.45) is 6.61. The van der Waals surface area contributed by atoms with Crippen LogP contribution in [0.4, 0.5) is 5.69 Å². The third kappa shape index (κ3) is 4.00. The minimum Gasteiger partial charge on any atom is -0.381 e. The van der Waals surface area contributed by atoms with Crippen molar-refractivity contribution in [3.05, 3.63) is 48.0 Å². The highest BCUT2D eigenvalue weighted by Gasteiger charge is 2.22. The van der Waals surface area contributed by atoms with Crippen molar-refractivity contribution in [3.63, 3.8) is 0 Å². The zero-order chi connectivity index (χ0) is 20.2. The number of aromatic nitrogens is 4. The van der Waals surface area contributed by atoms with Crippen LogP contribution in [0.15, 0.2) is 36.8 Å². The summed E-state index contributed by atoms with van der Waals surface area (Å²) in [5, 5.41) is 21.5. The third-order valence-corrected chi connectivity index (χ3v) is 5.13. The average Bonchev–Trinajstić information content (AvgIpc) is 3.17. The molecule has 152 valence electrons. The molecule has 1 aliphatic rings. The van der Waals surface area contributed by atoms with Crippen LogP contribution < -0.4 is 15.4 Å². The molecule has 1 aliphatic heterocycles. The lowest BCUT2D eigenvalue weighted by atomic mass is 10.1. The predicted octanol–water partition coefficient (Wildman–Crippen LogP) is 1.50. The highest BCUT2D eigenvalue weighted by atomic mass is 16.5. The maximum Gasteiger partial charge on any atom is 0.255 e. The standard InChI is InChI=1S/C20H24N6O3/c1-2-25-19-16(13-23-25)18(24-14-6-9-29-10-7-14)17(12-21-19)20(27)22-11-15-5-3-4-8-26(15)28/h3-5,8,12-14H,2,6-7,9-11H2,1H3,(H2-,21,22,23,24,27,28)/p+1. The lowest BCUT2D eigenvalue weighted by Crippen LogP contribution is -2.38. The number of rotatable bonds is 6. The molecule has 0 spiro atoms. The van der Waals surface area contributed by atoms with Crippen molar-refractivity contribution in [2.24, 2.45) is 0 Å². The Hall–Kier alpha value is -3.20. The van der Waals surface area contributed by atoms with Crippen molar-refractivity contribution in [1.82, 2.24) is 20.1 Å². The minimum absolute atomic E-state index is 0.194. The molecule has 0 radical (unpaired) electrons. The maximum absolute atomic E-state index is 13.0. The van der Waals surface area contributed by atoms with Gasteiger partial charge in [-0.3, -0.25) is 10.0 Å². The Bertz CT molecular complexity index is 1010. The van der Waals surface area contributed by atoms with Crippen molar-refractivity contribution >= 4 is 22.6 Å². The fourth-order valence-electron chi connectivity index (χ4n) is 3.51. The van der Waals surface area contributed by atoms with Crippen LogP contribution in [0.2, 0.25) is 0 Å². The molecule has 1 amide bonds. The molecule has 4 heterocycles. The third-order valence-electron chi connectivity index (χ3n) is 5.13. The number of nitrogens with zero attached hydrogens (tertiary/aromatic N) is 4. The van der Waals surface area contributed by atoms with Gasteiger partial charge < -0.3 is 15.4 Å². The van der Waals surface area contributed by atoms with Gasteiger partial charge in [0.25, 0.3) is 11.6 Å². The Morgan fingerprint density at radius 3 is 2.93 bits per heavy atom. The number of amides is 1. The SMILES string of the molecule is CCn1ncc2c(NC3CCOCC3)c(C(=O)NCc3cccc[n+]3O)cnc21. The smallest absolute Gasteiger partial charge is 0.255 e. The molecule has 9 nitrogen and oxygen atoms in total. The Morgan fingerprint density at radius 2 is 2.17 bits per heavy atom. The molecular formula is C20H25N6O3+. The molecule has 0 aromatic carbocycles. The van der Waals surface area contributed by atoms with Crippen molar-refractivity contribution in [2.45, 2.75) is 38.9 Å². The first-order valence-electron chi connectivity index (χ1n) is 9.83. The summed E-state index contributed by atoms with van der Waals surface area (Å²) in [6, 6.07) is 5.48. The highest BCUT2D eigenvalue weighted by Crippen LogP contribution is 2.28. The predicted molar refractivity (Wildman–Crippen MR) is 106 cm³/mol. The molecule has 1 saturated heterocycles. The molecular weight excluding hydrogens is 372 g/mol. The number of hydrogen-bond donors (Lipinski definition) is 3. The number of hydrogen-bond acceptors (Lipinski definition) is 6. The molecule has 29 heavy (non-hydrogen) atoms. The van der Waals surface area contributed by atoms with Crippen LogP contribution in [0.1, 0.15) is 35.8 Å². The van der Waals surface area contributed by atoms with Gasteiger partial charge in [0.05, 0.1) is 22.8 Å². The van der Waals surface area contributed by atoms with Crippen LogP contribution in [-0.4, -0.2) is 45.1 Å². The molecule has 0 saturated carbocycles. The van der Waals surface area contributed by atoms with Crippen LogP contribution in [0, 0.1) is 0 Å². The first-order chi connectivity index (χ1) is 14.2. The summed E-state index contributed by atoms with van der Waals surface area (Å²) in [5.41, 5.74) is 2.52. The summed E-state index contributed by atoms with van der Waals surface area (Å²) in [4.78, 5) is 17.5. The molecule has 0 unspecified atom stereocenters. The summed E-state index contributed by atoms with van der Waals surface area (Å²) >= 11 is 0. The van der Waals surface area contributed by atoms with Crippen molar-refractivity contribution in [3.8, 4) is 0 Å². The first kappa shape index (κ1) is 19.1. The van der Waals surface area contributed by atoms with E-state index in [9.17, 15) is 10.0 Å². The van der Waals surface area contributed by atoms with E-state index < -0.39 is 0 Å². The number of anilines is 1. The van der Waals surface area contributed by atoms with Gasteiger partial charge in [0.15, 0.2) is 5.65 Å². The van der Waals surface area contributed by atoms with E-state index in [0.29, 0.717) is 31.0 Å². The fraction of sp³-hybridized carbons (Fsp3) is 0.400. The van der Waals surface area contributed by atoms with Crippen LogP contribution >= 0.6 is 0 Å². The van der Waals surface area contributed by atoms with Gasteiger partial charge in [-0.15, -0.1) is 0 Å². The van der Waals surface area contributed by atoms with E-state index in [-0.39, 0.29) is 18.5 Å². The zero-order valence-electron chi connectivity index (χ0n) is 16.3. The van der Waals surface area contributed by atoms with E-state index in [2.05, 4.69) is 20.7 Å². The van der Waals surface area contributed by atoms with Crippen LogP contribution in [0.3, 0.4) is 0 Å². The summed E-state index contributed by atoms with van der Waals surface area (Å²) in [5.74, 6) is -0.262. The monoisotopic (exact) mass is 397 g/mol. The average molecular weight is 397 g/mol. The molecule has 9 heteroatoms. The molecule has 4 rings (SSSR count). The largest absolute Gasteiger partial charge is 0.381 e. The summed E-state index contributed by atoms with van der Waals surface area (Å²) < 4.78 is 8.25. The summed E-state index contributed by atoms with van der Waals surface area (Å²) in [6.45, 7) is 4.30. The quantitative estimate of drug-likeness (QED) is 0.430. The fourth-order valence-corrected chi connectivity index (χ4v) is 3.51. The Labute approximate surface area is 168 Å². The number of ether oxygens (including phenoxy) is 1. The summed E-state index contributed by atoms with van der Waals surface area (Å²) in [7, 11) is 0. The number of pyridine rings is 2. The lowest BCUT2D eigenvalue weighted by molar-refractivity contribution is -0.909. The van der Waals surface area contributed by atoms with Crippen molar-refractivity contribution in [1.29, 1.82) is 0 Å². The van der Waals surface area contributed by atoms with Crippen molar-refractivity contribution < 1.29 is 19.5 Å². The van der Waals surface area contributed by atoms with E-state index in [0.717, 1.165) is 34.3 Å². The van der Waals surface area contributed by atoms with Crippen LogP contribution in [0.5, 0.6) is 0 Å². The highest BCUT2D eigenvalue weighted by molar-refractivity contribution is 6.06. The first-order valence-corrected chi connectivity index (χ1v) is 9.83. The van der Waals surface area contributed by atoms with E-state index >= 15 is 0 Å². The van der Waals surface area contributed by atoms with Gasteiger partial charge in [0.1, 0.15) is 6.54 Å². The molecule has 0 aliphatic carbocycles. The van der Waals surface area contributed by atoms with Crippen LogP contribution in [0.25, 0.3) is 11.0 Å². The van der Waals surface area contributed by atoms with E-state index in [4.69, 9.17) is 4.74 Å². The number of carbonyl (C=O) groups is 1. The second kappa shape index (κ2) is 8.44. The second-order valence-electron chi connectivity index (χ2n) is 6.99. The number of aryl methyl sites for hydroxylation is 1. The van der Waals surface area contributed by atoms with E-state index in [1.54, 1.807) is 30.6 Å². The van der Waals surface area contributed by atoms with Crippen LogP contribution in [-0.2, 0) is 17.8 Å².